The lowest BCUT2D eigenvalue weighted by Crippen LogP contribution is -2.59. The molecule has 0 aromatic carbocycles. The predicted octanol–water partition coefficient (Wildman–Crippen LogP) is 2.73. The van der Waals surface area contributed by atoms with Crippen molar-refractivity contribution in [3.63, 3.8) is 0 Å². The molecule has 1 unspecified atom stereocenters. The molecule has 0 radical (unpaired) electrons. The Morgan fingerprint density at radius 2 is 1.79 bits per heavy atom. The Labute approximate surface area is 117 Å². The van der Waals surface area contributed by atoms with Crippen LogP contribution in [0.2, 0.25) is 0 Å². The van der Waals surface area contributed by atoms with Crippen LogP contribution < -0.4 is 0 Å². The lowest BCUT2D eigenvalue weighted by molar-refractivity contribution is -0.0194. The number of hydrogen-bond acceptors (Lipinski definition) is 3. The van der Waals surface area contributed by atoms with Crippen LogP contribution in [0.4, 0.5) is 4.79 Å². The lowest BCUT2D eigenvalue weighted by Gasteiger charge is -2.49. The summed E-state index contributed by atoms with van der Waals surface area (Å²) in [6.07, 6.45) is 2.47. The summed E-state index contributed by atoms with van der Waals surface area (Å²) in [4.78, 5) is 16.5. The minimum Gasteiger partial charge on any atom is -0.444 e. The van der Waals surface area contributed by atoms with Gasteiger partial charge in [-0.1, -0.05) is 6.92 Å². The van der Waals surface area contributed by atoms with Crippen molar-refractivity contribution in [3.05, 3.63) is 0 Å². The zero-order valence-corrected chi connectivity index (χ0v) is 13.0. The smallest absolute Gasteiger partial charge is 0.410 e. The molecule has 0 N–H and O–H groups in total. The summed E-state index contributed by atoms with van der Waals surface area (Å²) in [5.41, 5.74) is -0.402. The van der Waals surface area contributed by atoms with E-state index >= 15 is 0 Å². The molecule has 110 valence electrons. The van der Waals surface area contributed by atoms with Gasteiger partial charge < -0.3 is 9.64 Å². The van der Waals surface area contributed by atoms with Gasteiger partial charge in [0.2, 0.25) is 0 Å². The maximum atomic E-state index is 12.1. The zero-order chi connectivity index (χ0) is 14.2. The fourth-order valence-corrected chi connectivity index (χ4v) is 3.14. The number of piperazine rings is 1. The van der Waals surface area contributed by atoms with Crippen LogP contribution in [0.25, 0.3) is 0 Å². The van der Waals surface area contributed by atoms with Crippen molar-refractivity contribution in [2.24, 2.45) is 5.92 Å². The minimum atomic E-state index is -0.402. The van der Waals surface area contributed by atoms with E-state index in [1.807, 2.05) is 25.7 Å². The van der Waals surface area contributed by atoms with Gasteiger partial charge in [0.15, 0.2) is 0 Å². The maximum Gasteiger partial charge on any atom is 0.410 e. The quantitative estimate of drug-likeness (QED) is 0.733. The van der Waals surface area contributed by atoms with Gasteiger partial charge in [0, 0.05) is 31.7 Å². The molecule has 2 aliphatic rings. The van der Waals surface area contributed by atoms with E-state index in [-0.39, 0.29) is 6.09 Å². The van der Waals surface area contributed by atoms with Crippen LogP contribution in [0, 0.1) is 5.92 Å². The maximum absolute atomic E-state index is 12.1. The van der Waals surface area contributed by atoms with Crippen LogP contribution in [0.1, 0.15) is 47.5 Å². The molecular formula is C15H28N2O2. The molecule has 1 saturated carbocycles. The molecule has 2 rings (SSSR count). The van der Waals surface area contributed by atoms with Crippen molar-refractivity contribution < 1.29 is 9.53 Å². The van der Waals surface area contributed by atoms with E-state index in [2.05, 4.69) is 18.7 Å². The third-order valence-corrected chi connectivity index (χ3v) is 4.15. The Bertz CT molecular complexity index is 332. The normalized spacial score (nSPS) is 32.9. The number of rotatable bonds is 1. The van der Waals surface area contributed by atoms with E-state index in [0.29, 0.717) is 6.04 Å². The average Bonchev–Trinajstić information content (AvgIpc) is 2.23. The van der Waals surface area contributed by atoms with Crippen molar-refractivity contribution in [1.29, 1.82) is 0 Å². The van der Waals surface area contributed by atoms with E-state index < -0.39 is 5.60 Å². The summed E-state index contributed by atoms with van der Waals surface area (Å²) in [6.45, 7) is 12.9. The topological polar surface area (TPSA) is 32.8 Å². The highest BCUT2D eigenvalue weighted by Gasteiger charge is 2.37. The van der Waals surface area contributed by atoms with E-state index in [4.69, 9.17) is 4.74 Å². The van der Waals surface area contributed by atoms with Gasteiger partial charge in [-0.15, -0.1) is 0 Å². The van der Waals surface area contributed by atoms with Crippen molar-refractivity contribution in [2.75, 3.05) is 19.6 Å². The second kappa shape index (κ2) is 5.31. The van der Waals surface area contributed by atoms with Crippen LogP contribution in [0.15, 0.2) is 0 Å². The number of ether oxygens (including phenoxy) is 1. The molecule has 19 heavy (non-hydrogen) atoms. The molecule has 4 heteroatoms. The Morgan fingerprint density at radius 3 is 2.26 bits per heavy atom. The molecule has 1 amide bonds. The summed E-state index contributed by atoms with van der Waals surface area (Å²) in [5, 5.41) is 0. The van der Waals surface area contributed by atoms with Crippen LogP contribution in [-0.4, -0.2) is 53.2 Å². The Hall–Kier alpha value is -0.770. The second-order valence-electron chi connectivity index (χ2n) is 7.24. The molecule has 4 nitrogen and oxygen atoms in total. The van der Waals surface area contributed by atoms with Gasteiger partial charge in [0.1, 0.15) is 5.60 Å². The SMILES string of the molecule is CC1CC(N2CCN(C(=O)OC(C)(C)C)CC2C)C1. The van der Waals surface area contributed by atoms with E-state index in [0.717, 1.165) is 31.6 Å². The van der Waals surface area contributed by atoms with Crippen LogP contribution >= 0.6 is 0 Å². The number of carbonyl (C=O) groups is 1. The van der Waals surface area contributed by atoms with Gasteiger partial charge in [-0.3, -0.25) is 4.90 Å². The van der Waals surface area contributed by atoms with Gasteiger partial charge in [-0.05, 0) is 46.5 Å². The zero-order valence-electron chi connectivity index (χ0n) is 13.0. The first-order valence-corrected chi connectivity index (χ1v) is 7.50. The van der Waals surface area contributed by atoms with E-state index in [1.54, 1.807) is 0 Å². The Balaban J connectivity index is 1.84. The summed E-state index contributed by atoms with van der Waals surface area (Å²) in [7, 11) is 0. The van der Waals surface area contributed by atoms with E-state index in [9.17, 15) is 4.79 Å². The highest BCUT2D eigenvalue weighted by atomic mass is 16.6. The first-order chi connectivity index (χ1) is 8.76. The molecule has 1 aliphatic carbocycles. The van der Waals surface area contributed by atoms with Gasteiger partial charge in [0.25, 0.3) is 0 Å². The third-order valence-electron chi connectivity index (χ3n) is 4.15. The summed E-state index contributed by atoms with van der Waals surface area (Å²) < 4.78 is 5.45. The number of hydrogen-bond donors (Lipinski definition) is 0. The van der Waals surface area contributed by atoms with Gasteiger partial charge in [-0.25, -0.2) is 4.79 Å². The number of carbonyl (C=O) groups excluding carboxylic acids is 1. The standard InChI is InChI=1S/C15H28N2O2/c1-11-8-13(9-11)17-7-6-16(10-12(17)2)14(18)19-15(3,4)5/h11-13H,6-10H2,1-5H3. The van der Waals surface area contributed by atoms with Crippen molar-refractivity contribution in [1.82, 2.24) is 9.80 Å². The highest BCUT2D eigenvalue weighted by molar-refractivity contribution is 5.68. The highest BCUT2D eigenvalue weighted by Crippen LogP contribution is 2.33. The molecule has 0 spiro atoms. The summed E-state index contributed by atoms with van der Waals surface area (Å²) in [6, 6.07) is 1.18. The fourth-order valence-electron chi connectivity index (χ4n) is 3.14. The fraction of sp³-hybridized carbons (Fsp3) is 0.933. The molecule has 1 saturated heterocycles. The first-order valence-electron chi connectivity index (χ1n) is 7.50. The first kappa shape index (κ1) is 14.6. The molecular weight excluding hydrogens is 240 g/mol. The number of amides is 1. The molecule has 1 atom stereocenters. The van der Waals surface area contributed by atoms with Crippen LogP contribution in [0.3, 0.4) is 0 Å². The minimum absolute atomic E-state index is 0.166. The van der Waals surface area contributed by atoms with Crippen LogP contribution in [0.5, 0.6) is 0 Å². The Morgan fingerprint density at radius 1 is 1.16 bits per heavy atom. The molecule has 2 fully saturated rings. The van der Waals surface area contributed by atoms with Crippen LogP contribution in [-0.2, 0) is 4.74 Å². The number of nitrogens with zero attached hydrogens (tertiary/aromatic N) is 2. The molecule has 0 bridgehead atoms. The molecule has 1 aliphatic heterocycles. The predicted molar refractivity (Wildman–Crippen MR) is 76.2 cm³/mol. The molecule has 0 aromatic rings. The molecule has 1 heterocycles. The lowest BCUT2D eigenvalue weighted by atomic mass is 9.80. The molecule has 0 aromatic heterocycles. The summed E-state index contributed by atoms with van der Waals surface area (Å²) >= 11 is 0. The third kappa shape index (κ3) is 3.62. The van der Waals surface area contributed by atoms with Crippen molar-refractivity contribution in [2.45, 2.75) is 65.1 Å². The van der Waals surface area contributed by atoms with E-state index in [1.165, 1.54) is 12.8 Å². The van der Waals surface area contributed by atoms with Crippen molar-refractivity contribution >= 4 is 6.09 Å². The van der Waals surface area contributed by atoms with Gasteiger partial charge in [0.05, 0.1) is 0 Å². The monoisotopic (exact) mass is 268 g/mol. The largest absolute Gasteiger partial charge is 0.444 e. The Kier molecular flexibility index (Phi) is 4.09. The second-order valence-corrected chi connectivity index (χ2v) is 7.24. The average molecular weight is 268 g/mol. The van der Waals surface area contributed by atoms with Crippen molar-refractivity contribution in [3.8, 4) is 0 Å². The van der Waals surface area contributed by atoms with Gasteiger partial charge in [-0.2, -0.15) is 0 Å². The van der Waals surface area contributed by atoms with Gasteiger partial charge >= 0.3 is 6.09 Å². The summed E-state index contributed by atoms with van der Waals surface area (Å²) in [5.74, 6) is 0.876.